The zero-order valence-corrected chi connectivity index (χ0v) is 18.9. The fraction of sp³-hybridized carbons (Fsp3) is 0.160. The Bertz CT molecular complexity index is 1100. The fourth-order valence-corrected chi connectivity index (χ4v) is 4.52. The number of anilines is 1. The van der Waals surface area contributed by atoms with E-state index in [1.54, 1.807) is 31.4 Å². The van der Waals surface area contributed by atoms with Crippen molar-refractivity contribution in [1.29, 1.82) is 0 Å². The molecule has 0 saturated heterocycles. The molecule has 3 aromatic rings. The van der Waals surface area contributed by atoms with Crippen molar-refractivity contribution in [2.45, 2.75) is 12.4 Å². The highest BCUT2D eigenvalue weighted by atomic mass is 35.5. The molecule has 0 amide bonds. The normalized spacial score (nSPS) is 15.4. The molecule has 158 valence electrons. The van der Waals surface area contributed by atoms with Crippen molar-refractivity contribution in [1.82, 2.24) is 5.32 Å². The number of hydrogen-bond donors (Lipinski definition) is 1. The molecule has 0 bridgehead atoms. The minimum Gasteiger partial charge on any atom is -0.495 e. The maximum Gasteiger partial charge on any atom is 0.172 e. The molecule has 0 saturated carbocycles. The number of carbonyl (C=O) groups excluding carboxylic acids is 1. The Hall–Kier alpha value is -2.89. The Morgan fingerprint density at radius 2 is 1.77 bits per heavy atom. The highest BCUT2D eigenvalue weighted by Gasteiger charge is 2.28. The van der Waals surface area contributed by atoms with Crippen LogP contribution in [0.3, 0.4) is 0 Å². The van der Waals surface area contributed by atoms with Gasteiger partial charge in [-0.3, -0.25) is 4.79 Å². The summed E-state index contributed by atoms with van der Waals surface area (Å²) in [6.07, 6.45) is 2.08. The van der Waals surface area contributed by atoms with E-state index < -0.39 is 0 Å². The largest absolute Gasteiger partial charge is 0.495 e. The summed E-state index contributed by atoms with van der Waals surface area (Å²) in [6.45, 7) is 2.07. The van der Waals surface area contributed by atoms with Gasteiger partial charge in [0.15, 0.2) is 11.3 Å². The number of ether oxygens (including phenoxy) is 1. The van der Waals surface area contributed by atoms with Crippen LogP contribution in [0.4, 0.5) is 5.69 Å². The van der Waals surface area contributed by atoms with Crippen molar-refractivity contribution in [2.75, 3.05) is 17.8 Å². The lowest BCUT2D eigenvalue weighted by atomic mass is 10.1. The molecule has 0 fully saturated rings. The Morgan fingerprint density at radius 1 is 1.06 bits per heavy atom. The molecule has 4 nitrogen and oxygen atoms in total. The zero-order valence-electron chi connectivity index (χ0n) is 17.3. The molecule has 3 aromatic carbocycles. The first-order chi connectivity index (χ1) is 15.0. The number of methoxy groups -OCH3 is 1. The number of Topliss-reactive ketones (excluding diaryl/α,β-unsaturated/α-hetero) is 1. The molecule has 0 aromatic heterocycles. The summed E-state index contributed by atoms with van der Waals surface area (Å²) in [5.74, 6) is 1.17. The topological polar surface area (TPSA) is 41.6 Å². The molecular formula is C25H23ClN2O2S. The molecule has 1 aliphatic rings. The molecule has 0 radical (unpaired) electrons. The van der Waals surface area contributed by atoms with Crippen LogP contribution in [-0.4, -0.2) is 24.1 Å². The third kappa shape index (κ3) is 4.89. The number of para-hydroxylation sites is 2. The third-order valence-corrected chi connectivity index (χ3v) is 6.41. The van der Waals surface area contributed by atoms with E-state index in [1.807, 2.05) is 24.3 Å². The van der Waals surface area contributed by atoms with Gasteiger partial charge in [0, 0.05) is 16.8 Å². The minimum atomic E-state index is -0.149. The van der Waals surface area contributed by atoms with Crippen molar-refractivity contribution in [3.63, 3.8) is 0 Å². The predicted molar refractivity (Wildman–Crippen MR) is 130 cm³/mol. The van der Waals surface area contributed by atoms with Gasteiger partial charge in [0.1, 0.15) is 5.75 Å². The van der Waals surface area contributed by atoms with Gasteiger partial charge in [-0.2, -0.15) is 0 Å². The predicted octanol–water partition coefficient (Wildman–Crippen LogP) is 5.96. The summed E-state index contributed by atoms with van der Waals surface area (Å²) >= 11 is 7.48. The van der Waals surface area contributed by atoms with Gasteiger partial charge < -0.3 is 15.0 Å². The molecule has 0 aliphatic carbocycles. The number of halogens is 1. The van der Waals surface area contributed by atoms with Crippen LogP contribution in [0.1, 0.15) is 21.5 Å². The second-order valence-electron chi connectivity index (χ2n) is 7.23. The van der Waals surface area contributed by atoms with Crippen molar-refractivity contribution >= 4 is 40.5 Å². The van der Waals surface area contributed by atoms with Crippen molar-refractivity contribution in [2.24, 2.45) is 0 Å². The lowest BCUT2D eigenvalue weighted by molar-refractivity contribution is 0.102. The average molecular weight is 451 g/mol. The molecule has 0 unspecified atom stereocenters. The van der Waals surface area contributed by atoms with E-state index in [0.29, 0.717) is 16.3 Å². The molecule has 1 N–H and O–H groups in total. The number of nitrogens with zero attached hydrogens (tertiary/aromatic N) is 1. The summed E-state index contributed by atoms with van der Waals surface area (Å²) in [7, 11) is 1.67. The van der Waals surface area contributed by atoms with Crippen LogP contribution in [0.25, 0.3) is 5.70 Å². The zero-order chi connectivity index (χ0) is 21.8. The first-order valence-corrected chi connectivity index (χ1v) is 11.3. The summed E-state index contributed by atoms with van der Waals surface area (Å²) < 4.78 is 5.58. The molecule has 4 rings (SSSR count). The van der Waals surface area contributed by atoms with E-state index in [0.717, 1.165) is 22.7 Å². The molecule has 0 spiro atoms. The van der Waals surface area contributed by atoms with E-state index in [-0.39, 0.29) is 11.3 Å². The lowest BCUT2D eigenvalue weighted by Crippen LogP contribution is -2.34. The summed E-state index contributed by atoms with van der Waals surface area (Å²) in [6, 6.07) is 23.3. The smallest absolute Gasteiger partial charge is 0.172 e. The van der Waals surface area contributed by atoms with Gasteiger partial charge in [-0.15, -0.1) is 11.8 Å². The van der Waals surface area contributed by atoms with Crippen molar-refractivity contribution < 1.29 is 9.53 Å². The fourth-order valence-electron chi connectivity index (χ4n) is 3.37. The lowest BCUT2D eigenvalue weighted by Gasteiger charge is -2.26. The van der Waals surface area contributed by atoms with Crippen LogP contribution in [-0.2, 0) is 0 Å². The Labute approximate surface area is 191 Å². The number of benzene rings is 3. The molecule has 1 heterocycles. The van der Waals surface area contributed by atoms with Crippen molar-refractivity contribution in [3.05, 3.63) is 101 Å². The second-order valence-corrected chi connectivity index (χ2v) is 8.73. The Balaban J connectivity index is 1.58. The third-order valence-electron chi connectivity index (χ3n) is 5.06. The molecule has 6 heteroatoms. The Morgan fingerprint density at radius 3 is 2.48 bits per heavy atom. The van der Waals surface area contributed by atoms with Gasteiger partial charge in [-0.05, 0) is 48.9 Å². The maximum absolute atomic E-state index is 12.7. The number of hydrogen-bond acceptors (Lipinski definition) is 5. The molecule has 1 aliphatic heterocycles. The van der Waals surface area contributed by atoms with Gasteiger partial charge in [-0.25, -0.2) is 0 Å². The highest BCUT2D eigenvalue weighted by molar-refractivity contribution is 8.00. The average Bonchev–Trinajstić information content (AvgIpc) is 3.22. The van der Waals surface area contributed by atoms with Crippen LogP contribution < -0.4 is 15.0 Å². The number of rotatable bonds is 7. The summed E-state index contributed by atoms with van der Waals surface area (Å²) in [5, 5.41) is 4.18. The first-order valence-electron chi connectivity index (χ1n) is 9.92. The minimum absolute atomic E-state index is 0.0622. The van der Waals surface area contributed by atoms with Gasteiger partial charge >= 0.3 is 0 Å². The maximum atomic E-state index is 12.7. The monoisotopic (exact) mass is 450 g/mol. The quantitative estimate of drug-likeness (QED) is 0.449. The molecule has 31 heavy (non-hydrogen) atoms. The van der Waals surface area contributed by atoms with Crippen molar-refractivity contribution in [3.8, 4) is 5.75 Å². The van der Waals surface area contributed by atoms with Crippen LogP contribution in [0, 0.1) is 6.92 Å². The van der Waals surface area contributed by atoms with E-state index in [9.17, 15) is 4.79 Å². The molecule has 1 atom stereocenters. The first kappa shape index (κ1) is 21.3. The summed E-state index contributed by atoms with van der Waals surface area (Å²) in [4.78, 5) is 14.8. The van der Waals surface area contributed by atoms with Gasteiger partial charge in [0.25, 0.3) is 0 Å². The van der Waals surface area contributed by atoms with E-state index >= 15 is 0 Å². The number of nitrogens with one attached hydrogen (secondary N) is 1. The van der Waals surface area contributed by atoms with Gasteiger partial charge in [-0.1, -0.05) is 53.6 Å². The van der Waals surface area contributed by atoms with E-state index in [4.69, 9.17) is 16.3 Å². The number of thioether (sulfide) groups is 1. The standard InChI is InChI=1S/C25H23ClN2O2S/c1-17-7-9-18(10-8-17)21-15-28(22-5-3-4-6-24(22)30-2)25(27-21)31-16-23(29)19-11-13-20(26)14-12-19/h3-15,25,27H,16H2,1-2H3/t25-/m1/s1. The SMILES string of the molecule is COc1ccccc1N1C=C(c2ccc(C)cc2)N[C@H]1SCC(=O)c1ccc(Cl)cc1. The Kier molecular flexibility index (Phi) is 6.54. The van der Waals surface area contributed by atoms with Gasteiger partial charge in [0.05, 0.1) is 24.2 Å². The number of carbonyl (C=O) groups is 1. The second kappa shape index (κ2) is 9.50. The van der Waals surface area contributed by atoms with E-state index in [2.05, 4.69) is 47.6 Å². The summed E-state index contributed by atoms with van der Waals surface area (Å²) in [5.41, 5.74) is 4.76. The van der Waals surface area contributed by atoms with Crippen LogP contribution >= 0.6 is 23.4 Å². The van der Waals surface area contributed by atoms with Crippen LogP contribution in [0.5, 0.6) is 5.75 Å². The van der Waals surface area contributed by atoms with Crippen LogP contribution in [0.15, 0.2) is 79.0 Å². The highest BCUT2D eigenvalue weighted by Crippen LogP contribution is 2.36. The van der Waals surface area contributed by atoms with Crippen LogP contribution in [0.2, 0.25) is 5.02 Å². The van der Waals surface area contributed by atoms with E-state index in [1.165, 1.54) is 17.3 Å². The number of ketones is 1. The van der Waals surface area contributed by atoms with Gasteiger partial charge in [0.2, 0.25) is 0 Å². The number of aryl methyl sites for hydroxylation is 1. The molecular weight excluding hydrogens is 428 g/mol.